The van der Waals surface area contributed by atoms with Gasteiger partial charge in [-0.2, -0.15) is 0 Å². The highest BCUT2D eigenvalue weighted by atomic mass is 19.1. The first kappa shape index (κ1) is 22.4. The number of rotatable bonds is 13. The van der Waals surface area contributed by atoms with Gasteiger partial charge in [-0.3, -0.25) is 0 Å². The second-order valence-electron chi connectivity index (χ2n) is 6.31. The Morgan fingerprint density at radius 3 is 1.92 bits per heavy atom. The van der Waals surface area contributed by atoms with Crippen molar-refractivity contribution >= 4 is 11.9 Å². The molecule has 24 heavy (non-hydrogen) atoms. The summed E-state index contributed by atoms with van der Waals surface area (Å²) in [5, 5.41) is 0. The number of carbonyl (C=O) groups excluding carboxylic acids is 2. The third-order valence-electron chi connectivity index (χ3n) is 3.50. The van der Waals surface area contributed by atoms with Crippen molar-refractivity contribution in [3.63, 3.8) is 0 Å². The Hall–Kier alpha value is -1.65. The summed E-state index contributed by atoms with van der Waals surface area (Å²) in [5.41, 5.74) is 0.619. The molecule has 0 N–H and O–H groups in total. The molecule has 0 saturated heterocycles. The SMILES string of the molecule is C=C(C)C(=O)OCC(CCCCCCCC(C)F)OC(=O)C(=C)C. The van der Waals surface area contributed by atoms with Gasteiger partial charge < -0.3 is 9.47 Å². The van der Waals surface area contributed by atoms with E-state index in [1.165, 1.54) is 0 Å². The van der Waals surface area contributed by atoms with Crippen molar-refractivity contribution in [3.8, 4) is 0 Å². The van der Waals surface area contributed by atoms with Gasteiger partial charge in [0.2, 0.25) is 0 Å². The number of hydrogen-bond donors (Lipinski definition) is 0. The van der Waals surface area contributed by atoms with Crippen LogP contribution in [0.3, 0.4) is 0 Å². The maximum absolute atomic E-state index is 12.7. The lowest BCUT2D eigenvalue weighted by atomic mass is 10.1. The fourth-order valence-corrected chi connectivity index (χ4v) is 2.05. The average Bonchev–Trinajstić information content (AvgIpc) is 2.50. The van der Waals surface area contributed by atoms with Crippen LogP contribution in [0.4, 0.5) is 4.39 Å². The minimum Gasteiger partial charge on any atom is -0.458 e. The van der Waals surface area contributed by atoms with Crippen molar-refractivity contribution < 1.29 is 23.5 Å². The van der Waals surface area contributed by atoms with Crippen molar-refractivity contribution in [2.45, 2.75) is 78.0 Å². The minimum absolute atomic E-state index is 0.0179. The molecule has 0 aromatic carbocycles. The first-order chi connectivity index (χ1) is 11.2. The van der Waals surface area contributed by atoms with Crippen LogP contribution in [0, 0.1) is 0 Å². The first-order valence-corrected chi connectivity index (χ1v) is 8.57. The molecule has 0 aromatic rings. The van der Waals surface area contributed by atoms with Gasteiger partial charge in [0, 0.05) is 11.1 Å². The van der Waals surface area contributed by atoms with Gasteiger partial charge in [0.1, 0.15) is 12.7 Å². The number of alkyl halides is 1. The van der Waals surface area contributed by atoms with Gasteiger partial charge in [0.15, 0.2) is 0 Å². The van der Waals surface area contributed by atoms with Gasteiger partial charge in [-0.05, 0) is 40.0 Å². The van der Waals surface area contributed by atoms with Gasteiger partial charge in [-0.1, -0.05) is 38.8 Å². The normalized spacial score (nSPS) is 13.0. The summed E-state index contributed by atoms with van der Waals surface area (Å²) >= 11 is 0. The van der Waals surface area contributed by atoms with Crippen molar-refractivity contribution in [2.24, 2.45) is 0 Å². The van der Waals surface area contributed by atoms with Crippen LogP contribution in [0.2, 0.25) is 0 Å². The molecule has 0 heterocycles. The second kappa shape index (κ2) is 12.7. The van der Waals surface area contributed by atoms with Gasteiger partial charge in [0.25, 0.3) is 0 Å². The highest BCUT2D eigenvalue weighted by Gasteiger charge is 2.17. The van der Waals surface area contributed by atoms with Gasteiger partial charge in [-0.25, -0.2) is 14.0 Å². The lowest BCUT2D eigenvalue weighted by Gasteiger charge is -2.18. The van der Waals surface area contributed by atoms with Crippen molar-refractivity contribution in [2.75, 3.05) is 6.61 Å². The summed E-state index contributed by atoms with van der Waals surface area (Å²) in [6, 6.07) is 0. The molecule has 0 aliphatic carbocycles. The molecule has 138 valence electrons. The summed E-state index contributed by atoms with van der Waals surface area (Å²) in [4.78, 5) is 23.1. The van der Waals surface area contributed by atoms with Crippen molar-refractivity contribution in [1.29, 1.82) is 0 Å². The fraction of sp³-hybridized carbons (Fsp3) is 0.684. The van der Waals surface area contributed by atoms with Crippen LogP contribution >= 0.6 is 0 Å². The maximum Gasteiger partial charge on any atom is 0.333 e. The Balaban J connectivity index is 4.15. The van der Waals surface area contributed by atoms with Crippen LogP contribution < -0.4 is 0 Å². The summed E-state index contributed by atoms with van der Waals surface area (Å²) in [6.07, 6.45) is 4.72. The van der Waals surface area contributed by atoms with E-state index >= 15 is 0 Å². The zero-order valence-corrected chi connectivity index (χ0v) is 15.2. The topological polar surface area (TPSA) is 52.6 Å². The Kier molecular flexibility index (Phi) is 11.9. The van der Waals surface area contributed by atoms with E-state index in [4.69, 9.17) is 9.47 Å². The zero-order chi connectivity index (χ0) is 18.5. The average molecular weight is 342 g/mol. The molecule has 0 aliphatic rings. The number of hydrogen-bond acceptors (Lipinski definition) is 4. The van der Waals surface area contributed by atoms with Crippen LogP contribution in [-0.4, -0.2) is 30.8 Å². The molecule has 0 saturated carbocycles. The van der Waals surface area contributed by atoms with Crippen molar-refractivity contribution in [1.82, 2.24) is 0 Å². The standard InChI is InChI=1S/C19H31FO4/c1-14(2)18(21)23-13-17(24-19(22)15(3)4)12-10-8-6-7-9-11-16(5)20/h16-17H,1,3,6-13H2,2,4-5H3. The Morgan fingerprint density at radius 2 is 1.42 bits per heavy atom. The molecular formula is C19H31FO4. The fourth-order valence-electron chi connectivity index (χ4n) is 2.05. The van der Waals surface area contributed by atoms with Crippen molar-refractivity contribution in [3.05, 3.63) is 24.3 Å². The third-order valence-corrected chi connectivity index (χ3v) is 3.50. The maximum atomic E-state index is 12.7. The molecule has 2 atom stereocenters. The Bertz CT molecular complexity index is 429. The molecule has 5 heteroatoms. The van der Waals surface area contributed by atoms with Crippen LogP contribution in [0.5, 0.6) is 0 Å². The number of unbranched alkanes of at least 4 members (excludes halogenated alkanes) is 4. The molecule has 0 rings (SSSR count). The van der Waals surface area contributed by atoms with Crippen LogP contribution in [-0.2, 0) is 19.1 Å². The van der Waals surface area contributed by atoms with E-state index < -0.39 is 24.2 Å². The summed E-state index contributed by atoms with van der Waals surface area (Å²) in [6.45, 7) is 11.8. The molecule has 0 amide bonds. The van der Waals surface area contributed by atoms with E-state index in [-0.39, 0.29) is 6.61 Å². The Labute approximate surface area is 145 Å². The van der Waals surface area contributed by atoms with Crippen LogP contribution in [0.25, 0.3) is 0 Å². The molecule has 0 aromatic heterocycles. The molecular weight excluding hydrogens is 311 g/mol. The molecule has 0 radical (unpaired) electrons. The lowest BCUT2D eigenvalue weighted by molar-refractivity contribution is -0.154. The van der Waals surface area contributed by atoms with E-state index in [0.29, 0.717) is 24.0 Å². The predicted molar refractivity (Wildman–Crippen MR) is 93.4 cm³/mol. The third kappa shape index (κ3) is 11.9. The lowest BCUT2D eigenvalue weighted by Crippen LogP contribution is -2.25. The van der Waals surface area contributed by atoms with E-state index in [1.54, 1.807) is 20.8 Å². The first-order valence-electron chi connectivity index (χ1n) is 8.57. The van der Waals surface area contributed by atoms with Gasteiger partial charge in [0.05, 0.1) is 6.17 Å². The van der Waals surface area contributed by atoms with E-state index in [1.807, 2.05) is 0 Å². The van der Waals surface area contributed by atoms with Crippen LogP contribution in [0.15, 0.2) is 24.3 Å². The van der Waals surface area contributed by atoms with E-state index in [0.717, 1.165) is 32.1 Å². The quantitative estimate of drug-likeness (QED) is 0.277. The predicted octanol–water partition coefficient (Wildman–Crippen LogP) is 4.68. The smallest absolute Gasteiger partial charge is 0.333 e. The number of halogens is 1. The molecule has 0 spiro atoms. The molecule has 0 fully saturated rings. The minimum atomic E-state index is -0.737. The summed E-state index contributed by atoms with van der Waals surface area (Å²) < 4.78 is 23.1. The second-order valence-corrected chi connectivity index (χ2v) is 6.31. The number of esters is 2. The number of ether oxygens (including phenoxy) is 2. The Morgan fingerprint density at radius 1 is 0.917 bits per heavy atom. The summed E-state index contributed by atoms with van der Waals surface area (Å²) in [7, 11) is 0. The van der Waals surface area contributed by atoms with E-state index in [9.17, 15) is 14.0 Å². The largest absolute Gasteiger partial charge is 0.458 e. The molecule has 2 unspecified atom stereocenters. The van der Waals surface area contributed by atoms with Gasteiger partial charge >= 0.3 is 11.9 Å². The van der Waals surface area contributed by atoms with E-state index in [2.05, 4.69) is 13.2 Å². The molecule has 0 aliphatic heterocycles. The summed E-state index contributed by atoms with van der Waals surface area (Å²) in [5.74, 6) is -0.977. The highest BCUT2D eigenvalue weighted by Crippen LogP contribution is 2.14. The highest BCUT2D eigenvalue weighted by molar-refractivity contribution is 5.87. The number of carbonyl (C=O) groups is 2. The monoisotopic (exact) mass is 342 g/mol. The molecule has 0 bridgehead atoms. The van der Waals surface area contributed by atoms with Crippen LogP contribution in [0.1, 0.15) is 65.7 Å². The zero-order valence-electron chi connectivity index (χ0n) is 15.2. The van der Waals surface area contributed by atoms with Gasteiger partial charge in [-0.15, -0.1) is 0 Å². The molecule has 4 nitrogen and oxygen atoms in total.